The smallest absolute Gasteiger partial charge is 0.252 e. The Labute approximate surface area is 163 Å². The lowest BCUT2D eigenvalue weighted by Gasteiger charge is -2.26. The molecule has 1 aliphatic heterocycles. The second-order valence-electron chi connectivity index (χ2n) is 7.16. The number of ether oxygens (including phenoxy) is 1. The molecule has 3 aromatic heterocycles. The number of hydrogen-bond donors (Lipinski definition) is 1. The van der Waals surface area contributed by atoms with Gasteiger partial charge in [-0.15, -0.1) is 0 Å². The van der Waals surface area contributed by atoms with Crippen LogP contribution in [0.5, 0.6) is 0 Å². The molecule has 0 atom stereocenters. The first kappa shape index (κ1) is 18.6. The predicted octanol–water partition coefficient (Wildman–Crippen LogP) is 2.33. The van der Waals surface area contributed by atoms with Crippen LogP contribution < -0.4 is 5.32 Å². The van der Waals surface area contributed by atoms with Crippen molar-refractivity contribution in [2.45, 2.75) is 19.9 Å². The van der Waals surface area contributed by atoms with Crippen LogP contribution in [0.3, 0.4) is 0 Å². The van der Waals surface area contributed by atoms with Gasteiger partial charge in [0, 0.05) is 32.2 Å². The lowest BCUT2D eigenvalue weighted by molar-refractivity contribution is 0.0383. The van der Waals surface area contributed by atoms with Crippen molar-refractivity contribution in [3.8, 4) is 11.5 Å². The Kier molecular flexibility index (Phi) is 5.40. The molecule has 0 unspecified atom stereocenters. The van der Waals surface area contributed by atoms with E-state index >= 15 is 0 Å². The van der Waals surface area contributed by atoms with Gasteiger partial charge in [-0.25, -0.2) is 9.67 Å². The molecule has 0 saturated carbocycles. The molecule has 1 aliphatic rings. The average Bonchev–Trinajstić information content (AvgIpc) is 3.37. The van der Waals surface area contributed by atoms with Crippen LogP contribution in [0.4, 0.5) is 0 Å². The highest BCUT2D eigenvalue weighted by molar-refractivity contribution is 6.06. The largest absolute Gasteiger partial charge is 0.463 e. The first-order chi connectivity index (χ1) is 13.6. The number of furan rings is 1. The molecule has 1 saturated heterocycles. The molecule has 0 spiro atoms. The van der Waals surface area contributed by atoms with Crippen LogP contribution in [0, 0.1) is 0 Å². The standard InChI is InChI=1S/C20H25N5O3/c1-14(2)25-19-16(13-22-25)15(12-17(23-19)18-4-3-9-28-18)20(26)21-5-6-24-7-10-27-11-8-24/h3-4,9,12-14H,5-8,10-11H2,1-2H3,(H,21,26). The van der Waals surface area contributed by atoms with Gasteiger partial charge in [-0.2, -0.15) is 5.10 Å². The van der Waals surface area contributed by atoms with E-state index in [-0.39, 0.29) is 11.9 Å². The number of hydrogen-bond acceptors (Lipinski definition) is 6. The maximum absolute atomic E-state index is 13.0. The van der Waals surface area contributed by atoms with Crippen LogP contribution in [0.1, 0.15) is 30.2 Å². The first-order valence-electron chi connectivity index (χ1n) is 9.64. The average molecular weight is 383 g/mol. The molecule has 28 heavy (non-hydrogen) atoms. The number of carbonyl (C=O) groups is 1. The Morgan fingerprint density at radius 2 is 2.14 bits per heavy atom. The number of amides is 1. The highest BCUT2D eigenvalue weighted by Crippen LogP contribution is 2.26. The van der Waals surface area contributed by atoms with Crippen molar-refractivity contribution >= 4 is 16.9 Å². The molecule has 1 fully saturated rings. The highest BCUT2D eigenvalue weighted by Gasteiger charge is 2.19. The third-order valence-electron chi connectivity index (χ3n) is 4.89. The highest BCUT2D eigenvalue weighted by atomic mass is 16.5. The van der Waals surface area contributed by atoms with Gasteiger partial charge in [-0.05, 0) is 32.0 Å². The summed E-state index contributed by atoms with van der Waals surface area (Å²) >= 11 is 0. The summed E-state index contributed by atoms with van der Waals surface area (Å²) in [5.41, 5.74) is 1.87. The monoisotopic (exact) mass is 383 g/mol. The minimum atomic E-state index is -0.128. The van der Waals surface area contributed by atoms with Gasteiger partial charge in [0.15, 0.2) is 11.4 Å². The zero-order valence-electron chi connectivity index (χ0n) is 16.2. The molecule has 1 amide bonds. The van der Waals surface area contributed by atoms with E-state index in [4.69, 9.17) is 14.1 Å². The normalized spacial score (nSPS) is 15.4. The lowest BCUT2D eigenvalue weighted by atomic mass is 10.1. The fraction of sp³-hybridized carbons (Fsp3) is 0.450. The van der Waals surface area contributed by atoms with E-state index in [1.165, 1.54) is 0 Å². The van der Waals surface area contributed by atoms with Crippen molar-refractivity contribution in [3.63, 3.8) is 0 Å². The van der Waals surface area contributed by atoms with Crippen molar-refractivity contribution in [1.82, 2.24) is 25.0 Å². The summed E-state index contributed by atoms with van der Waals surface area (Å²) in [4.78, 5) is 19.9. The first-order valence-corrected chi connectivity index (χ1v) is 9.64. The molecule has 8 nitrogen and oxygen atoms in total. The molecule has 0 aromatic carbocycles. The van der Waals surface area contributed by atoms with Crippen LogP contribution in [0.25, 0.3) is 22.5 Å². The van der Waals surface area contributed by atoms with Crippen molar-refractivity contribution in [1.29, 1.82) is 0 Å². The lowest BCUT2D eigenvalue weighted by Crippen LogP contribution is -2.41. The summed E-state index contributed by atoms with van der Waals surface area (Å²) in [6.07, 6.45) is 3.31. The molecule has 148 valence electrons. The van der Waals surface area contributed by atoms with Gasteiger partial charge in [-0.3, -0.25) is 9.69 Å². The summed E-state index contributed by atoms with van der Waals surface area (Å²) < 4.78 is 12.7. The number of fused-ring (bicyclic) bond motifs is 1. The van der Waals surface area contributed by atoms with Gasteiger partial charge in [0.2, 0.25) is 0 Å². The Morgan fingerprint density at radius 3 is 2.86 bits per heavy atom. The molecule has 8 heteroatoms. The summed E-state index contributed by atoms with van der Waals surface area (Å²) in [5, 5.41) is 8.21. The van der Waals surface area contributed by atoms with Gasteiger partial charge in [0.1, 0.15) is 5.69 Å². The summed E-state index contributed by atoms with van der Waals surface area (Å²) in [6.45, 7) is 8.76. The fourth-order valence-corrected chi connectivity index (χ4v) is 3.38. The van der Waals surface area contributed by atoms with Gasteiger partial charge < -0.3 is 14.5 Å². The zero-order valence-corrected chi connectivity index (χ0v) is 16.2. The summed E-state index contributed by atoms with van der Waals surface area (Å²) in [6, 6.07) is 5.56. The van der Waals surface area contributed by atoms with Crippen LogP contribution in [0.2, 0.25) is 0 Å². The molecule has 0 aliphatic carbocycles. The number of nitrogens with zero attached hydrogens (tertiary/aromatic N) is 4. The Balaban J connectivity index is 1.60. The van der Waals surface area contributed by atoms with Gasteiger partial charge >= 0.3 is 0 Å². The molecule has 4 heterocycles. The molecular formula is C20H25N5O3. The Bertz CT molecular complexity index is 942. The van der Waals surface area contributed by atoms with E-state index < -0.39 is 0 Å². The molecule has 1 N–H and O–H groups in total. The molecule has 0 radical (unpaired) electrons. The van der Waals surface area contributed by atoms with Gasteiger partial charge in [0.05, 0.1) is 36.6 Å². The van der Waals surface area contributed by atoms with Gasteiger partial charge in [-0.1, -0.05) is 0 Å². The minimum absolute atomic E-state index is 0.128. The second kappa shape index (κ2) is 8.12. The number of morpholine rings is 1. The number of carbonyl (C=O) groups excluding carboxylic acids is 1. The van der Waals surface area contributed by atoms with Crippen molar-refractivity contribution in [2.24, 2.45) is 0 Å². The van der Waals surface area contributed by atoms with Crippen LogP contribution in [-0.4, -0.2) is 65.0 Å². The third-order valence-corrected chi connectivity index (χ3v) is 4.89. The maximum Gasteiger partial charge on any atom is 0.252 e. The van der Waals surface area contributed by atoms with Crippen molar-refractivity contribution < 1.29 is 13.9 Å². The van der Waals surface area contributed by atoms with Crippen molar-refractivity contribution in [3.05, 3.63) is 36.2 Å². The number of rotatable bonds is 6. The molecule has 0 bridgehead atoms. The summed E-state index contributed by atoms with van der Waals surface area (Å²) in [7, 11) is 0. The van der Waals surface area contributed by atoms with Crippen LogP contribution in [-0.2, 0) is 4.74 Å². The zero-order chi connectivity index (χ0) is 19.5. The predicted molar refractivity (Wildman–Crippen MR) is 105 cm³/mol. The number of nitrogens with one attached hydrogen (secondary N) is 1. The number of pyridine rings is 1. The third kappa shape index (κ3) is 3.79. The van der Waals surface area contributed by atoms with Gasteiger partial charge in [0.25, 0.3) is 5.91 Å². The van der Waals surface area contributed by atoms with Crippen LogP contribution in [0.15, 0.2) is 35.1 Å². The van der Waals surface area contributed by atoms with E-state index in [0.29, 0.717) is 29.2 Å². The molecule has 4 rings (SSSR count). The van der Waals surface area contributed by atoms with E-state index in [9.17, 15) is 4.79 Å². The Morgan fingerprint density at radius 1 is 1.32 bits per heavy atom. The summed E-state index contributed by atoms with van der Waals surface area (Å²) in [5.74, 6) is 0.498. The van der Waals surface area contributed by atoms with E-state index in [1.807, 2.05) is 30.7 Å². The van der Waals surface area contributed by atoms with Crippen molar-refractivity contribution in [2.75, 3.05) is 39.4 Å². The SMILES string of the molecule is CC(C)n1ncc2c(C(=O)NCCN3CCOCC3)cc(-c3ccco3)nc21. The van der Waals surface area contributed by atoms with E-state index in [0.717, 1.165) is 38.2 Å². The van der Waals surface area contributed by atoms with E-state index in [2.05, 4.69) is 15.3 Å². The topological polar surface area (TPSA) is 85.4 Å². The molecular weight excluding hydrogens is 358 g/mol. The van der Waals surface area contributed by atoms with E-state index in [1.54, 1.807) is 18.5 Å². The van der Waals surface area contributed by atoms with Crippen LogP contribution >= 0.6 is 0 Å². The minimum Gasteiger partial charge on any atom is -0.463 e. The number of aromatic nitrogens is 3. The quantitative estimate of drug-likeness (QED) is 0.703. The second-order valence-corrected chi connectivity index (χ2v) is 7.16. The Hall–Kier alpha value is -2.71. The fourth-order valence-electron chi connectivity index (χ4n) is 3.38. The molecule has 3 aromatic rings. The maximum atomic E-state index is 13.0.